The first-order valence-corrected chi connectivity index (χ1v) is 9.40. The Balaban J connectivity index is 1.45. The lowest BCUT2D eigenvalue weighted by molar-refractivity contribution is -0.133. The van der Waals surface area contributed by atoms with Crippen molar-refractivity contribution in [3.63, 3.8) is 0 Å². The Bertz CT molecular complexity index is 629. The van der Waals surface area contributed by atoms with Crippen molar-refractivity contribution in [1.82, 2.24) is 9.80 Å². The number of para-hydroxylation sites is 1. The summed E-state index contributed by atoms with van der Waals surface area (Å²) in [5, 5.41) is 0. The molecule has 0 unspecified atom stereocenters. The van der Waals surface area contributed by atoms with Gasteiger partial charge in [-0.05, 0) is 18.9 Å². The smallest absolute Gasteiger partial charge is 0.223 e. The maximum Gasteiger partial charge on any atom is 0.223 e. The Hall–Kier alpha value is -1.59. The fourth-order valence-corrected chi connectivity index (χ4v) is 4.77. The summed E-state index contributed by atoms with van der Waals surface area (Å²) in [6, 6.07) is 8.21. The van der Waals surface area contributed by atoms with Crippen molar-refractivity contribution in [3.05, 3.63) is 29.8 Å². The third-order valence-corrected chi connectivity index (χ3v) is 6.14. The molecule has 2 atom stereocenters. The van der Waals surface area contributed by atoms with Gasteiger partial charge in [0.2, 0.25) is 5.91 Å². The monoisotopic (exact) mass is 344 g/mol. The molecule has 3 aliphatic rings. The summed E-state index contributed by atoms with van der Waals surface area (Å²) in [5.74, 6) is 1.74. The van der Waals surface area contributed by atoms with Crippen LogP contribution in [0.25, 0.3) is 0 Å². The van der Waals surface area contributed by atoms with Gasteiger partial charge in [0.05, 0.1) is 20.3 Å². The van der Waals surface area contributed by atoms with Gasteiger partial charge in [0.25, 0.3) is 0 Å². The van der Waals surface area contributed by atoms with Crippen molar-refractivity contribution in [1.29, 1.82) is 0 Å². The van der Waals surface area contributed by atoms with E-state index in [0.29, 0.717) is 18.2 Å². The van der Waals surface area contributed by atoms with Crippen LogP contribution in [0.2, 0.25) is 0 Å². The molecule has 0 bridgehead atoms. The average Bonchev–Trinajstić information content (AvgIpc) is 3.31. The average molecular weight is 344 g/mol. The number of hydrogen-bond donors (Lipinski definition) is 0. The molecular formula is C20H28N2O3. The molecule has 1 aromatic carbocycles. The van der Waals surface area contributed by atoms with Crippen molar-refractivity contribution < 1.29 is 14.3 Å². The predicted molar refractivity (Wildman–Crippen MR) is 95.4 cm³/mol. The SMILES string of the molecule is COc1ccccc1CN1C[C@@H]2COC[C@]2(CC(=O)N2CCCC2)C1. The molecule has 4 rings (SSSR count). The summed E-state index contributed by atoms with van der Waals surface area (Å²) in [4.78, 5) is 17.3. The van der Waals surface area contributed by atoms with E-state index in [1.165, 1.54) is 5.56 Å². The van der Waals surface area contributed by atoms with Gasteiger partial charge in [-0.2, -0.15) is 0 Å². The number of methoxy groups -OCH3 is 1. The van der Waals surface area contributed by atoms with Crippen molar-refractivity contribution in [2.75, 3.05) is 46.5 Å². The number of hydrogen-bond acceptors (Lipinski definition) is 4. The van der Waals surface area contributed by atoms with Crippen molar-refractivity contribution in [3.8, 4) is 5.75 Å². The molecule has 136 valence electrons. The van der Waals surface area contributed by atoms with Gasteiger partial charge in [-0.15, -0.1) is 0 Å². The van der Waals surface area contributed by atoms with E-state index in [-0.39, 0.29) is 5.41 Å². The first-order valence-electron chi connectivity index (χ1n) is 9.40. The Morgan fingerprint density at radius 2 is 2.12 bits per heavy atom. The molecule has 3 heterocycles. The molecule has 5 heteroatoms. The van der Waals surface area contributed by atoms with Crippen LogP contribution >= 0.6 is 0 Å². The highest BCUT2D eigenvalue weighted by Gasteiger charge is 2.52. The summed E-state index contributed by atoms with van der Waals surface area (Å²) in [7, 11) is 1.72. The van der Waals surface area contributed by atoms with Gasteiger partial charge in [-0.3, -0.25) is 9.69 Å². The number of likely N-dealkylation sites (tertiary alicyclic amines) is 2. The summed E-state index contributed by atoms with van der Waals surface area (Å²) in [6.45, 7) is 6.20. The normalized spacial score (nSPS) is 29.2. The number of nitrogens with zero attached hydrogens (tertiary/aromatic N) is 2. The molecule has 3 saturated heterocycles. The van der Waals surface area contributed by atoms with Crippen LogP contribution in [0.4, 0.5) is 0 Å². The molecule has 3 fully saturated rings. The van der Waals surface area contributed by atoms with E-state index in [1.807, 2.05) is 17.0 Å². The number of ether oxygens (including phenoxy) is 2. The Morgan fingerprint density at radius 3 is 2.92 bits per heavy atom. The molecule has 0 spiro atoms. The molecule has 25 heavy (non-hydrogen) atoms. The van der Waals surface area contributed by atoms with Gasteiger partial charge >= 0.3 is 0 Å². The van der Waals surface area contributed by atoms with Crippen LogP contribution in [-0.2, 0) is 16.1 Å². The van der Waals surface area contributed by atoms with Gasteiger partial charge in [0.1, 0.15) is 5.75 Å². The van der Waals surface area contributed by atoms with Gasteiger partial charge < -0.3 is 14.4 Å². The second-order valence-electron chi connectivity index (χ2n) is 7.82. The number of fused-ring (bicyclic) bond motifs is 1. The summed E-state index contributed by atoms with van der Waals surface area (Å²) >= 11 is 0. The Kier molecular flexibility index (Phi) is 4.69. The van der Waals surface area contributed by atoms with E-state index in [9.17, 15) is 4.79 Å². The molecular weight excluding hydrogens is 316 g/mol. The maximum absolute atomic E-state index is 12.7. The zero-order valence-electron chi connectivity index (χ0n) is 15.1. The van der Waals surface area contributed by atoms with Crippen LogP contribution in [-0.4, -0.2) is 62.2 Å². The van der Waals surface area contributed by atoms with E-state index in [4.69, 9.17) is 9.47 Å². The molecule has 0 saturated carbocycles. The molecule has 0 N–H and O–H groups in total. The third-order valence-electron chi connectivity index (χ3n) is 6.14. The topological polar surface area (TPSA) is 42.0 Å². The zero-order chi connectivity index (χ0) is 17.3. The summed E-state index contributed by atoms with van der Waals surface area (Å²) in [6.07, 6.45) is 2.94. The quantitative estimate of drug-likeness (QED) is 0.821. The van der Waals surface area contributed by atoms with Crippen molar-refractivity contribution in [2.24, 2.45) is 11.3 Å². The van der Waals surface area contributed by atoms with E-state index < -0.39 is 0 Å². The predicted octanol–water partition coefficient (Wildman–Crippen LogP) is 2.16. The fraction of sp³-hybridized carbons (Fsp3) is 0.650. The molecule has 0 radical (unpaired) electrons. The van der Waals surface area contributed by atoms with Gasteiger partial charge in [-0.25, -0.2) is 0 Å². The zero-order valence-corrected chi connectivity index (χ0v) is 15.1. The van der Waals surface area contributed by atoms with Crippen LogP contribution < -0.4 is 4.74 Å². The minimum Gasteiger partial charge on any atom is -0.496 e. The first-order chi connectivity index (χ1) is 12.2. The van der Waals surface area contributed by atoms with Gasteiger partial charge in [0.15, 0.2) is 0 Å². The van der Waals surface area contributed by atoms with Crippen LogP contribution in [0.5, 0.6) is 5.75 Å². The highest BCUT2D eigenvalue weighted by Crippen LogP contribution is 2.45. The second-order valence-corrected chi connectivity index (χ2v) is 7.82. The standard InChI is InChI=1S/C20H28N2O3/c1-24-18-7-3-2-6-16(18)11-21-12-17-13-25-15-20(17,14-21)10-19(23)22-8-4-5-9-22/h2-3,6-7,17H,4-5,8-15H2,1H3/t17-,20+/m1/s1. The molecule has 1 aromatic rings. The van der Waals surface area contributed by atoms with Crippen LogP contribution in [0, 0.1) is 11.3 Å². The van der Waals surface area contributed by atoms with Crippen LogP contribution in [0.15, 0.2) is 24.3 Å². The number of amides is 1. The van der Waals surface area contributed by atoms with Gasteiger partial charge in [0, 0.05) is 56.0 Å². The summed E-state index contributed by atoms with van der Waals surface area (Å²) < 4.78 is 11.3. The molecule has 1 amide bonds. The number of benzene rings is 1. The largest absolute Gasteiger partial charge is 0.496 e. The number of carbonyl (C=O) groups is 1. The van der Waals surface area contributed by atoms with Crippen molar-refractivity contribution in [2.45, 2.75) is 25.8 Å². The maximum atomic E-state index is 12.7. The van der Waals surface area contributed by atoms with E-state index in [0.717, 1.165) is 64.5 Å². The van der Waals surface area contributed by atoms with E-state index in [1.54, 1.807) is 7.11 Å². The van der Waals surface area contributed by atoms with E-state index in [2.05, 4.69) is 17.0 Å². The molecule has 0 aliphatic carbocycles. The van der Waals surface area contributed by atoms with Gasteiger partial charge in [-0.1, -0.05) is 18.2 Å². The van der Waals surface area contributed by atoms with E-state index >= 15 is 0 Å². The highest BCUT2D eigenvalue weighted by molar-refractivity contribution is 5.77. The lowest BCUT2D eigenvalue weighted by atomic mass is 9.78. The molecule has 5 nitrogen and oxygen atoms in total. The molecule has 0 aromatic heterocycles. The lowest BCUT2D eigenvalue weighted by Gasteiger charge is -2.29. The second kappa shape index (κ2) is 6.96. The Labute approximate surface area is 149 Å². The number of carbonyl (C=O) groups excluding carboxylic acids is 1. The molecule has 3 aliphatic heterocycles. The van der Waals surface area contributed by atoms with Crippen LogP contribution in [0.3, 0.4) is 0 Å². The third kappa shape index (κ3) is 3.27. The first kappa shape index (κ1) is 16.9. The number of rotatable bonds is 5. The minimum absolute atomic E-state index is 0.00168. The lowest BCUT2D eigenvalue weighted by Crippen LogP contribution is -2.38. The Morgan fingerprint density at radius 1 is 1.32 bits per heavy atom. The van der Waals surface area contributed by atoms with Crippen LogP contribution in [0.1, 0.15) is 24.8 Å². The fourth-order valence-electron chi connectivity index (χ4n) is 4.77. The highest BCUT2D eigenvalue weighted by atomic mass is 16.5. The van der Waals surface area contributed by atoms with Crippen molar-refractivity contribution >= 4 is 5.91 Å². The summed E-state index contributed by atoms with van der Waals surface area (Å²) in [5.41, 5.74) is 1.22. The minimum atomic E-state index is 0.00168.